The summed E-state index contributed by atoms with van der Waals surface area (Å²) in [6, 6.07) is 18.0. The van der Waals surface area contributed by atoms with Gasteiger partial charge in [-0.2, -0.15) is 0 Å². The third-order valence-electron chi connectivity index (χ3n) is 3.39. The molecular formula is C19H26IN3O2. The van der Waals surface area contributed by atoms with Crippen LogP contribution in [0.3, 0.4) is 0 Å². The van der Waals surface area contributed by atoms with Crippen molar-refractivity contribution in [2.45, 2.75) is 19.5 Å². The molecule has 0 aliphatic heterocycles. The van der Waals surface area contributed by atoms with Crippen LogP contribution in [0.25, 0.3) is 0 Å². The first-order valence-corrected chi connectivity index (χ1v) is 7.99. The highest BCUT2D eigenvalue weighted by molar-refractivity contribution is 14.0. The zero-order valence-electron chi connectivity index (χ0n) is 14.9. The Balaban J connectivity index is 0.00000312. The Morgan fingerprint density at radius 3 is 2.28 bits per heavy atom. The summed E-state index contributed by atoms with van der Waals surface area (Å²) in [5.41, 5.74) is 1.15. The van der Waals surface area contributed by atoms with Crippen LogP contribution in [0.4, 0.5) is 0 Å². The molecule has 0 bridgehead atoms. The van der Waals surface area contributed by atoms with Gasteiger partial charge in [-0.25, -0.2) is 0 Å². The van der Waals surface area contributed by atoms with E-state index in [4.69, 9.17) is 9.47 Å². The zero-order valence-corrected chi connectivity index (χ0v) is 17.2. The number of nitrogens with one attached hydrogen (secondary N) is 2. The first-order valence-electron chi connectivity index (χ1n) is 7.99. The van der Waals surface area contributed by atoms with Gasteiger partial charge in [0, 0.05) is 26.7 Å². The zero-order chi connectivity index (χ0) is 17.2. The molecule has 1 unspecified atom stereocenters. The second-order valence-corrected chi connectivity index (χ2v) is 5.49. The van der Waals surface area contributed by atoms with E-state index in [0.717, 1.165) is 23.0 Å². The van der Waals surface area contributed by atoms with Gasteiger partial charge in [-0.3, -0.25) is 4.99 Å². The van der Waals surface area contributed by atoms with Crippen LogP contribution in [-0.2, 0) is 11.3 Å². The Morgan fingerprint density at radius 2 is 1.68 bits per heavy atom. The Bertz CT molecular complexity index is 633. The SMILES string of the molecule is CN=C(NCc1ccc(Oc2ccccc2)cc1)NC(C)COC.I. The van der Waals surface area contributed by atoms with E-state index in [1.54, 1.807) is 14.2 Å². The van der Waals surface area contributed by atoms with Crippen molar-refractivity contribution in [2.24, 2.45) is 4.99 Å². The van der Waals surface area contributed by atoms with Crippen LogP contribution in [0.15, 0.2) is 59.6 Å². The maximum absolute atomic E-state index is 5.79. The van der Waals surface area contributed by atoms with E-state index in [2.05, 4.69) is 15.6 Å². The van der Waals surface area contributed by atoms with Crippen LogP contribution in [0.2, 0.25) is 0 Å². The fourth-order valence-electron chi connectivity index (χ4n) is 2.21. The molecule has 2 aromatic rings. The van der Waals surface area contributed by atoms with E-state index in [1.165, 1.54) is 0 Å². The van der Waals surface area contributed by atoms with Crippen molar-refractivity contribution >= 4 is 29.9 Å². The van der Waals surface area contributed by atoms with Crippen molar-refractivity contribution < 1.29 is 9.47 Å². The number of benzene rings is 2. The monoisotopic (exact) mass is 455 g/mol. The maximum atomic E-state index is 5.79. The Labute approximate surface area is 166 Å². The van der Waals surface area contributed by atoms with Crippen molar-refractivity contribution in [3.05, 3.63) is 60.2 Å². The minimum atomic E-state index is 0. The third kappa shape index (κ3) is 7.74. The number of hydrogen-bond donors (Lipinski definition) is 2. The third-order valence-corrected chi connectivity index (χ3v) is 3.39. The highest BCUT2D eigenvalue weighted by Crippen LogP contribution is 2.20. The second-order valence-electron chi connectivity index (χ2n) is 5.49. The highest BCUT2D eigenvalue weighted by Gasteiger charge is 2.04. The van der Waals surface area contributed by atoms with E-state index in [1.807, 2.05) is 61.5 Å². The van der Waals surface area contributed by atoms with E-state index in [9.17, 15) is 0 Å². The molecule has 0 heterocycles. The van der Waals surface area contributed by atoms with Gasteiger partial charge in [-0.05, 0) is 36.8 Å². The van der Waals surface area contributed by atoms with Crippen molar-refractivity contribution in [3.8, 4) is 11.5 Å². The molecule has 0 fully saturated rings. The van der Waals surface area contributed by atoms with Crippen LogP contribution in [0.5, 0.6) is 11.5 Å². The summed E-state index contributed by atoms with van der Waals surface area (Å²) >= 11 is 0. The van der Waals surface area contributed by atoms with Crippen LogP contribution >= 0.6 is 24.0 Å². The van der Waals surface area contributed by atoms with Gasteiger partial charge in [0.15, 0.2) is 5.96 Å². The fourth-order valence-corrected chi connectivity index (χ4v) is 2.21. The molecule has 0 saturated carbocycles. The van der Waals surface area contributed by atoms with Gasteiger partial charge in [-0.1, -0.05) is 30.3 Å². The first kappa shape index (κ1) is 21.2. The molecule has 0 aliphatic carbocycles. The average molecular weight is 455 g/mol. The van der Waals surface area contributed by atoms with Gasteiger partial charge in [-0.15, -0.1) is 24.0 Å². The lowest BCUT2D eigenvalue weighted by molar-refractivity contribution is 0.179. The number of methoxy groups -OCH3 is 1. The number of hydrogen-bond acceptors (Lipinski definition) is 3. The summed E-state index contributed by atoms with van der Waals surface area (Å²) in [5, 5.41) is 6.56. The number of rotatable bonds is 7. The standard InChI is InChI=1S/C19H25N3O2.HI/c1-15(14-23-3)22-19(20-2)21-13-16-9-11-18(12-10-16)24-17-7-5-4-6-8-17;/h4-12,15H,13-14H2,1-3H3,(H2,20,21,22);1H. The van der Waals surface area contributed by atoms with Crippen LogP contribution in [0, 0.1) is 0 Å². The number of halogens is 1. The molecule has 2 aromatic carbocycles. The van der Waals surface area contributed by atoms with Gasteiger partial charge in [0.2, 0.25) is 0 Å². The Morgan fingerprint density at radius 1 is 1.04 bits per heavy atom. The van der Waals surface area contributed by atoms with Crippen molar-refractivity contribution in [1.82, 2.24) is 10.6 Å². The van der Waals surface area contributed by atoms with Gasteiger partial charge in [0.1, 0.15) is 11.5 Å². The topological polar surface area (TPSA) is 54.9 Å². The fraction of sp³-hybridized carbons (Fsp3) is 0.316. The number of nitrogens with zero attached hydrogens (tertiary/aromatic N) is 1. The van der Waals surface area contributed by atoms with Crippen LogP contribution in [-0.4, -0.2) is 32.8 Å². The summed E-state index contributed by atoms with van der Waals surface area (Å²) < 4.78 is 10.9. The summed E-state index contributed by atoms with van der Waals surface area (Å²) in [5.74, 6) is 2.41. The average Bonchev–Trinajstić information content (AvgIpc) is 2.61. The number of aliphatic imine (C=N–C) groups is 1. The molecule has 2 rings (SSSR count). The minimum absolute atomic E-state index is 0. The smallest absolute Gasteiger partial charge is 0.191 e. The normalized spacial score (nSPS) is 12.0. The van der Waals surface area contributed by atoms with Crippen LogP contribution < -0.4 is 15.4 Å². The predicted octanol–water partition coefficient (Wildman–Crippen LogP) is 3.80. The maximum Gasteiger partial charge on any atom is 0.191 e. The molecular weight excluding hydrogens is 429 g/mol. The molecule has 1 atom stereocenters. The van der Waals surface area contributed by atoms with E-state index in [0.29, 0.717) is 13.2 Å². The molecule has 0 aromatic heterocycles. The molecule has 0 amide bonds. The molecule has 6 heteroatoms. The first-order chi connectivity index (χ1) is 11.7. The molecule has 2 N–H and O–H groups in total. The second kappa shape index (κ2) is 11.7. The van der Waals surface area contributed by atoms with E-state index in [-0.39, 0.29) is 30.0 Å². The Hall–Kier alpha value is -1.80. The number of guanidine groups is 1. The molecule has 0 saturated heterocycles. The van der Waals surface area contributed by atoms with Crippen molar-refractivity contribution in [1.29, 1.82) is 0 Å². The predicted molar refractivity (Wildman–Crippen MR) is 113 cm³/mol. The summed E-state index contributed by atoms with van der Waals surface area (Å²) in [4.78, 5) is 4.21. The lowest BCUT2D eigenvalue weighted by atomic mass is 10.2. The Kier molecular flexibility index (Phi) is 9.94. The van der Waals surface area contributed by atoms with Gasteiger partial charge < -0.3 is 20.1 Å². The molecule has 136 valence electrons. The summed E-state index contributed by atoms with van der Waals surface area (Å²) in [7, 11) is 3.44. The van der Waals surface area contributed by atoms with Gasteiger partial charge in [0.25, 0.3) is 0 Å². The van der Waals surface area contributed by atoms with Crippen molar-refractivity contribution in [3.63, 3.8) is 0 Å². The number of ether oxygens (including phenoxy) is 2. The highest BCUT2D eigenvalue weighted by atomic mass is 127. The molecule has 0 aliphatic rings. The van der Waals surface area contributed by atoms with Crippen LogP contribution in [0.1, 0.15) is 12.5 Å². The molecule has 5 nitrogen and oxygen atoms in total. The van der Waals surface area contributed by atoms with Gasteiger partial charge in [0.05, 0.1) is 6.61 Å². The number of para-hydroxylation sites is 1. The lowest BCUT2D eigenvalue weighted by Gasteiger charge is -2.17. The van der Waals surface area contributed by atoms with E-state index < -0.39 is 0 Å². The quantitative estimate of drug-likeness (QED) is 0.379. The minimum Gasteiger partial charge on any atom is -0.457 e. The van der Waals surface area contributed by atoms with Crippen molar-refractivity contribution in [2.75, 3.05) is 20.8 Å². The lowest BCUT2D eigenvalue weighted by Crippen LogP contribution is -2.43. The largest absolute Gasteiger partial charge is 0.457 e. The van der Waals surface area contributed by atoms with E-state index >= 15 is 0 Å². The molecule has 25 heavy (non-hydrogen) atoms. The van der Waals surface area contributed by atoms with Gasteiger partial charge >= 0.3 is 0 Å². The molecule has 0 radical (unpaired) electrons. The summed E-state index contributed by atoms with van der Waals surface area (Å²) in [6.07, 6.45) is 0. The summed E-state index contributed by atoms with van der Waals surface area (Å²) in [6.45, 7) is 3.36. The molecule has 0 spiro atoms.